The number of carbonyl (C=O) groups is 1. The van der Waals surface area contributed by atoms with E-state index in [4.69, 9.17) is 5.73 Å². The number of rotatable bonds is 9. The first-order chi connectivity index (χ1) is 16.5. The van der Waals surface area contributed by atoms with Crippen LogP contribution in [0, 0.1) is 0 Å². The van der Waals surface area contributed by atoms with Gasteiger partial charge in [-0.25, -0.2) is 9.78 Å². The Bertz CT molecular complexity index is 1380. The summed E-state index contributed by atoms with van der Waals surface area (Å²) < 4.78 is 3.14. The zero-order valence-corrected chi connectivity index (χ0v) is 20.3. The molecule has 3 N–H and O–H groups in total. The van der Waals surface area contributed by atoms with Gasteiger partial charge in [-0.3, -0.25) is 24.0 Å². The van der Waals surface area contributed by atoms with Crippen molar-refractivity contribution in [3.63, 3.8) is 0 Å². The monoisotopic (exact) mass is 495 g/mol. The van der Waals surface area contributed by atoms with Gasteiger partial charge in [-0.1, -0.05) is 67.6 Å². The number of nitrogens with zero attached hydrogens (tertiary/aromatic N) is 3. The van der Waals surface area contributed by atoms with Gasteiger partial charge in [-0.15, -0.1) is 11.3 Å². The fourth-order valence-corrected chi connectivity index (χ4v) is 5.49. The van der Waals surface area contributed by atoms with Gasteiger partial charge in [0, 0.05) is 6.54 Å². The lowest BCUT2D eigenvalue weighted by Gasteiger charge is -2.24. The Kier molecular flexibility index (Phi) is 7.49. The maximum Gasteiger partial charge on any atom is 0.330 e. The first-order valence-corrected chi connectivity index (χ1v) is 12.7. The molecule has 176 valence electrons. The van der Waals surface area contributed by atoms with Gasteiger partial charge in [0.05, 0.1) is 22.5 Å². The third-order valence-corrected chi connectivity index (χ3v) is 7.46. The minimum absolute atomic E-state index is 0.00327. The van der Waals surface area contributed by atoms with E-state index in [0.717, 1.165) is 33.0 Å². The second kappa shape index (κ2) is 10.7. The van der Waals surface area contributed by atoms with Crippen LogP contribution in [0.2, 0.25) is 0 Å². The van der Waals surface area contributed by atoms with Crippen molar-refractivity contribution in [2.75, 3.05) is 16.4 Å². The summed E-state index contributed by atoms with van der Waals surface area (Å²) in [5.41, 5.74) is 6.77. The molecule has 1 amide bonds. The largest absolute Gasteiger partial charge is 0.383 e. The molecule has 2 aromatic heterocycles. The lowest BCUT2D eigenvalue weighted by atomic mass is 10.2. The highest BCUT2D eigenvalue weighted by Crippen LogP contribution is 2.30. The summed E-state index contributed by atoms with van der Waals surface area (Å²) in [6.45, 7) is 2.51. The summed E-state index contributed by atoms with van der Waals surface area (Å²) in [6, 6.07) is 17.1. The van der Waals surface area contributed by atoms with Crippen LogP contribution >= 0.6 is 23.1 Å². The van der Waals surface area contributed by atoms with Crippen LogP contribution in [0.4, 0.5) is 11.5 Å². The number of H-pyrrole nitrogens is 1. The van der Waals surface area contributed by atoms with Crippen molar-refractivity contribution in [2.24, 2.45) is 0 Å². The molecule has 0 saturated heterocycles. The molecule has 0 spiro atoms. The minimum atomic E-state index is -0.676. The van der Waals surface area contributed by atoms with E-state index in [1.807, 2.05) is 61.5 Å². The van der Waals surface area contributed by atoms with E-state index in [1.54, 1.807) is 0 Å². The van der Waals surface area contributed by atoms with Crippen LogP contribution in [0.5, 0.6) is 0 Å². The van der Waals surface area contributed by atoms with Gasteiger partial charge in [0.15, 0.2) is 10.0 Å². The quantitative estimate of drug-likeness (QED) is 0.341. The number of hydrogen-bond donors (Lipinski definition) is 2. The number of nitrogens with two attached hydrogens (primary N) is 1. The number of fused-ring (bicyclic) bond motifs is 1. The first-order valence-electron chi connectivity index (χ1n) is 10.9. The lowest BCUT2D eigenvalue weighted by Crippen LogP contribution is -2.41. The molecule has 10 heteroatoms. The van der Waals surface area contributed by atoms with E-state index >= 15 is 0 Å². The van der Waals surface area contributed by atoms with E-state index in [2.05, 4.69) is 9.97 Å². The Morgan fingerprint density at radius 1 is 1.15 bits per heavy atom. The molecule has 34 heavy (non-hydrogen) atoms. The van der Waals surface area contributed by atoms with Gasteiger partial charge in [-0.05, 0) is 24.1 Å². The molecule has 4 rings (SSSR count). The van der Waals surface area contributed by atoms with Gasteiger partial charge in [-0.2, -0.15) is 0 Å². The van der Waals surface area contributed by atoms with Crippen molar-refractivity contribution < 1.29 is 4.79 Å². The van der Waals surface area contributed by atoms with Crippen LogP contribution in [-0.2, 0) is 17.9 Å². The number of amides is 1. The number of unbranched alkanes of at least 4 members (excludes halogenated alkanes) is 1. The van der Waals surface area contributed by atoms with Crippen molar-refractivity contribution in [2.45, 2.75) is 37.2 Å². The number of aromatic nitrogens is 3. The van der Waals surface area contributed by atoms with E-state index in [0.29, 0.717) is 6.54 Å². The lowest BCUT2D eigenvalue weighted by molar-refractivity contribution is -0.116. The molecule has 0 aliphatic rings. The van der Waals surface area contributed by atoms with Crippen molar-refractivity contribution in [1.29, 1.82) is 0 Å². The number of para-hydroxylation sites is 1. The molecule has 0 aliphatic carbocycles. The summed E-state index contributed by atoms with van der Waals surface area (Å²) in [5.74, 6) is -0.234. The van der Waals surface area contributed by atoms with Crippen LogP contribution < -0.4 is 21.9 Å². The molecule has 0 aliphatic heterocycles. The molecule has 0 fully saturated rings. The van der Waals surface area contributed by atoms with Crippen LogP contribution in [0.3, 0.4) is 0 Å². The standard InChI is InChI=1S/C24H25N5O3S2/c1-2-3-13-28-21(25)20(22(31)27-23(28)32)29(14-16-9-5-4-6-10-16)19(30)15-33-24-26-17-11-7-8-12-18(17)34-24/h4-12H,2-3,13-15,25H2,1H3,(H,27,31,32). The predicted octanol–water partition coefficient (Wildman–Crippen LogP) is 3.85. The molecule has 0 atom stereocenters. The van der Waals surface area contributed by atoms with Gasteiger partial charge >= 0.3 is 5.69 Å². The molecule has 0 unspecified atom stereocenters. The molecule has 0 saturated carbocycles. The van der Waals surface area contributed by atoms with Crippen LogP contribution in [0.25, 0.3) is 10.2 Å². The number of nitrogen functional groups attached to an aromatic ring is 1. The topological polar surface area (TPSA) is 114 Å². The fourth-order valence-electron chi connectivity index (χ4n) is 3.55. The average molecular weight is 496 g/mol. The number of thioether (sulfide) groups is 1. The van der Waals surface area contributed by atoms with Gasteiger partial charge in [0.1, 0.15) is 5.82 Å². The molecular formula is C24H25N5O3S2. The molecule has 2 aromatic carbocycles. The Labute approximate surface area is 204 Å². The summed E-state index contributed by atoms with van der Waals surface area (Å²) in [4.78, 5) is 46.9. The highest BCUT2D eigenvalue weighted by atomic mass is 32.2. The summed E-state index contributed by atoms with van der Waals surface area (Å²) in [7, 11) is 0. The average Bonchev–Trinajstić information content (AvgIpc) is 3.25. The van der Waals surface area contributed by atoms with Crippen molar-refractivity contribution in [3.8, 4) is 0 Å². The van der Waals surface area contributed by atoms with Crippen LogP contribution in [0.15, 0.2) is 68.5 Å². The van der Waals surface area contributed by atoms with E-state index in [1.165, 1.54) is 32.6 Å². The number of hydrogen-bond acceptors (Lipinski definition) is 7. The van der Waals surface area contributed by atoms with Crippen molar-refractivity contribution in [1.82, 2.24) is 14.5 Å². The van der Waals surface area contributed by atoms with E-state index < -0.39 is 11.2 Å². The second-order valence-electron chi connectivity index (χ2n) is 7.70. The van der Waals surface area contributed by atoms with E-state index in [-0.39, 0.29) is 29.7 Å². The van der Waals surface area contributed by atoms with Crippen molar-refractivity contribution in [3.05, 3.63) is 81.0 Å². The Balaban J connectivity index is 1.67. The fraction of sp³-hybridized carbons (Fsp3) is 0.250. The van der Waals surface area contributed by atoms with Gasteiger partial charge in [0.2, 0.25) is 5.91 Å². The third kappa shape index (κ3) is 5.23. The van der Waals surface area contributed by atoms with Crippen LogP contribution in [0.1, 0.15) is 25.3 Å². The maximum absolute atomic E-state index is 13.4. The normalized spacial score (nSPS) is 11.1. The van der Waals surface area contributed by atoms with Gasteiger partial charge < -0.3 is 5.73 Å². The summed E-state index contributed by atoms with van der Waals surface area (Å²) in [6.07, 6.45) is 1.57. The molecule has 0 bridgehead atoms. The molecular weight excluding hydrogens is 470 g/mol. The number of benzene rings is 2. The smallest absolute Gasteiger partial charge is 0.330 e. The molecule has 4 aromatic rings. The SMILES string of the molecule is CCCCn1c(N)c(N(Cc2ccccc2)C(=O)CSc2nc3ccccc3s2)c(=O)[nH]c1=O. The first kappa shape index (κ1) is 23.8. The highest BCUT2D eigenvalue weighted by molar-refractivity contribution is 8.01. The third-order valence-electron chi connectivity index (χ3n) is 5.30. The summed E-state index contributed by atoms with van der Waals surface area (Å²) >= 11 is 2.83. The second-order valence-corrected chi connectivity index (χ2v) is 9.95. The number of thiazole rings is 1. The Morgan fingerprint density at radius 3 is 2.62 bits per heavy atom. The highest BCUT2D eigenvalue weighted by Gasteiger charge is 2.25. The molecule has 8 nitrogen and oxygen atoms in total. The summed E-state index contributed by atoms with van der Waals surface area (Å²) in [5, 5.41) is 0. The zero-order valence-electron chi connectivity index (χ0n) is 18.7. The number of anilines is 2. The number of aromatic amines is 1. The zero-order chi connectivity index (χ0) is 24.1. The van der Waals surface area contributed by atoms with Crippen LogP contribution in [-0.4, -0.2) is 26.2 Å². The predicted molar refractivity (Wildman–Crippen MR) is 139 cm³/mol. The van der Waals surface area contributed by atoms with E-state index in [9.17, 15) is 14.4 Å². The molecule has 0 radical (unpaired) electrons. The van der Waals surface area contributed by atoms with Crippen molar-refractivity contribution >= 4 is 50.7 Å². The maximum atomic E-state index is 13.4. The molecule has 2 heterocycles. The minimum Gasteiger partial charge on any atom is -0.383 e. The number of carbonyl (C=O) groups excluding carboxylic acids is 1. The Morgan fingerprint density at radius 2 is 1.88 bits per heavy atom. The Hall–Kier alpha value is -3.37. The number of nitrogens with one attached hydrogen (secondary N) is 1. The van der Waals surface area contributed by atoms with Gasteiger partial charge in [0.25, 0.3) is 5.56 Å².